The lowest BCUT2D eigenvalue weighted by atomic mass is 9.80. The molecule has 3 aromatic rings. The van der Waals surface area contributed by atoms with E-state index >= 15 is 0 Å². The number of oxime groups is 1. The second-order valence-electron chi connectivity index (χ2n) is 7.55. The molecule has 0 radical (unpaired) electrons. The third-order valence-corrected chi connectivity index (χ3v) is 6.68. The Morgan fingerprint density at radius 2 is 1.90 bits per heavy atom. The van der Waals surface area contributed by atoms with E-state index in [0.717, 1.165) is 29.1 Å². The van der Waals surface area contributed by atoms with Crippen molar-refractivity contribution in [2.45, 2.75) is 18.3 Å². The summed E-state index contributed by atoms with van der Waals surface area (Å²) in [4.78, 5) is 17.8. The number of aromatic nitrogens is 1. The zero-order valence-corrected chi connectivity index (χ0v) is 17.8. The lowest BCUT2D eigenvalue weighted by molar-refractivity contribution is 0.0486. The quantitative estimate of drug-likeness (QED) is 0.237. The molecule has 8 heteroatoms. The summed E-state index contributed by atoms with van der Waals surface area (Å²) in [6.07, 6.45) is 1.58. The van der Waals surface area contributed by atoms with E-state index in [9.17, 15) is 4.79 Å². The van der Waals surface area contributed by atoms with Crippen LogP contribution in [0.25, 0.3) is 11.3 Å². The van der Waals surface area contributed by atoms with Gasteiger partial charge in [-0.25, -0.2) is 4.98 Å². The van der Waals surface area contributed by atoms with Crippen molar-refractivity contribution >= 4 is 23.1 Å². The number of carbonyl (C=O) groups excluding carboxylic acids is 1. The molecule has 1 saturated heterocycles. The summed E-state index contributed by atoms with van der Waals surface area (Å²) in [5, 5.41) is 18.0. The first-order valence-electron chi connectivity index (χ1n) is 10.1. The maximum atomic E-state index is 12.8. The average Bonchev–Trinajstić information content (AvgIpc) is 3.34. The summed E-state index contributed by atoms with van der Waals surface area (Å²) < 4.78 is 5.60. The van der Waals surface area contributed by atoms with Gasteiger partial charge in [0.1, 0.15) is 5.01 Å². The summed E-state index contributed by atoms with van der Waals surface area (Å²) in [5.74, 6) is -0.245. The fourth-order valence-electron chi connectivity index (χ4n) is 3.72. The number of benzene rings is 2. The van der Waals surface area contributed by atoms with Gasteiger partial charge in [-0.2, -0.15) is 0 Å². The van der Waals surface area contributed by atoms with Crippen molar-refractivity contribution in [3.05, 3.63) is 76.1 Å². The number of nitrogens with one attached hydrogen (secondary N) is 1. The number of hydrogen-bond acceptors (Lipinski definition) is 6. The predicted molar refractivity (Wildman–Crippen MR) is 121 cm³/mol. The van der Waals surface area contributed by atoms with E-state index in [4.69, 9.17) is 20.7 Å². The van der Waals surface area contributed by atoms with Gasteiger partial charge in [-0.05, 0) is 25.0 Å². The fraction of sp³-hybridized carbons (Fsp3) is 0.261. The molecule has 0 aliphatic carbocycles. The molecule has 160 valence electrons. The van der Waals surface area contributed by atoms with Gasteiger partial charge in [0.25, 0.3) is 5.91 Å². The van der Waals surface area contributed by atoms with Crippen LogP contribution >= 0.6 is 11.3 Å². The lowest BCUT2D eigenvalue weighted by Gasteiger charge is -2.35. The van der Waals surface area contributed by atoms with Gasteiger partial charge in [-0.15, -0.1) is 11.3 Å². The van der Waals surface area contributed by atoms with E-state index in [1.165, 1.54) is 0 Å². The van der Waals surface area contributed by atoms with E-state index in [-0.39, 0.29) is 17.2 Å². The monoisotopic (exact) mass is 436 g/mol. The number of hydrogen-bond donors (Lipinski definition) is 3. The summed E-state index contributed by atoms with van der Waals surface area (Å²) in [5.41, 5.74) is 8.35. The van der Waals surface area contributed by atoms with E-state index < -0.39 is 0 Å². The van der Waals surface area contributed by atoms with Gasteiger partial charge in [0.05, 0.1) is 5.69 Å². The van der Waals surface area contributed by atoms with Crippen molar-refractivity contribution in [2.75, 3.05) is 19.8 Å². The van der Waals surface area contributed by atoms with Crippen molar-refractivity contribution in [1.29, 1.82) is 0 Å². The Bertz CT molecular complexity index is 1080. The third-order valence-electron chi connectivity index (χ3n) is 5.59. The number of ether oxygens (including phenoxy) is 1. The highest BCUT2D eigenvalue weighted by molar-refractivity contribution is 7.10. The molecule has 31 heavy (non-hydrogen) atoms. The molecule has 0 saturated carbocycles. The summed E-state index contributed by atoms with van der Waals surface area (Å²) in [6.45, 7) is 1.73. The minimum atomic E-state index is -0.269. The smallest absolute Gasteiger partial charge is 0.251 e. The first-order valence-corrected chi connectivity index (χ1v) is 10.9. The Balaban J connectivity index is 1.54. The number of carbonyl (C=O) groups is 1. The largest absolute Gasteiger partial charge is 0.409 e. The highest BCUT2D eigenvalue weighted by atomic mass is 32.1. The second-order valence-corrected chi connectivity index (χ2v) is 8.40. The van der Waals surface area contributed by atoms with Gasteiger partial charge in [-0.3, -0.25) is 4.79 Å². The lowest BCUT2D eigenvalue weighted by Crippen LogP contribution is -2.44. The summed E-state index contributed by atoms with van der Waals surface area (Å²) in [7, 11) is 0. The molecule has 7 nitrogen and oxygen atoms in total. The van der Waals surface area contributed by atoms with Crippen LogP contribution < -0.4 is 11.1 Å². The Labute approximate surface area is 184 Å². The van der Waals surface area contributed by atoms with Gasteiger partial charge >= 0.3 is 0 Å². The van der Waals surface area contributed by atoms with Crippen LogP contribution in [0.4, 0.5) is 0 Å². The molecule has 0 unspecified atom stereocenters. The van der Waals surface area contributed by atoms with Crippen LogP contribution in [0.5, 0.6) is 0 Å². The van der Waals surface area contributed by atoms with Crippen molar-refractivity contribution in [1.82, 2.24) is 10.3 Å². The molecule has 1 aliphatic rings. The van der Waals surface area contributed by atoms with E-state index in [1.807, 2.05) is 30.3 Å². The molecule has 0 atom stereocenters. The topological polar surface area (TPSA) is 110 Å². The second kappa shape index (κ2) is 9.28. The van der Waals surface area contributed by atoms with Crippen LogP contribution in [0.15, 0.2) is 65.1 Å². The molecule has 1 amide bonds. The third kappa shape index (κ3) is 4.60. The number of amides is 1. The minimum Gasteiger partial charge on any atom is -0.409 e. The van der Waals surface area contributed by atoms with Crippen molar-refractivity contribution in [3.8, 4) is 11.3 Å². The molecule has 0 spiro atoms. The SMILES string of the molecule is NC(=NO)c1cccc(C(=O)NCC2(c3nc(-c4ccccc4)cs3)CCOCC2)c1. The number of rotatable bonds is 6. The number of nitrogens with zero attached hydrogens (tertiary/aromatic N) is 2. The molecular formula is C23H24N4O3S. The van der Waals surface area contributed by atoms with Gasteiger partial charge in [0.15, 0.2) is 5.84 Å². The Kier molecular flexibility index (Phi) is 6.29. The first-order chi connectivity index (χ1) is 15.1. The van der Waals surface area contributed by atoms with Crippen LogP contribution in [-0.4, -0.2) is 41.7 Å². The van der Waals surface area contributed by atoms with Crippen LogP contribution in [0.2, 0.25) is 0 Å². The number of nitrogens with two attached hydrogens (primary N) is 1. The van der Waals surface area contributed by atoms with E-state index in [2.05, 4.69) is 15.9 Å². The van der Waals surface area contributed by atoms with Gasteiger partial charge in [0.2, 0.25) is 0 Å². The maximum Gasteiger partial charge on any atom is 0.251 e. The molecule has 0 bridgehead atoms. The van der Waals surface area contributed by atoms with Crippen LogP contribution in [-0.2, 0) is 10.2 Å². The highest BCUT2D eigenvalue weighted by Crippen LogP contribution is 2.38. The van der Waals surface area contributed by atoms with Crippen molar-refractivity contribution < 1.29 is 14.7 Å². The van der Waals surface area contributed by atoms with Gasteiger partial charge in [0, 0.05) is 47.2 Å². The van der Waals surface area contributed by atoms with Crippen molar-refractivity contribution in [2.24, 2.45) is 10.9 Å². The molecule has 2 aromatic carbocycles. The standard InChI is InChI=1S/C23H24N4O3S/c24-20(27-29)17-7-4-8-18(13-17)21(28)25-15-23(9-11-30-12-10-23)22-26-19(14-31-22)16-5-2-1-3-6-16/h1-8,13-14,29H,9-12,15H2,(H2,24,27)(H,25,28). The molecule has 1 aromatic heterocycles. The molecule has 4 N–H and O–H groups in total. The van der Waals surface area contributed by atoms with E-state index in [1.54, 1.807) is 35.6 Å². The molecular weight excluding hydrogens is 412 g/mol. The normalized spacial score (nSPS) is 16.1. The van der Waals surface area contributed by atoms with Crippen LogP contribution in [0, 0.1) is 0 Å². The summed E-state index contributed by atoms with van der Waals surface area (Å²) >= 11 is 1.63. The average molecular weight is 437 g/mol. The molecule has 4 rings (SSSR count). The molecule has 1 fully saturated rings. The number of amidine groups is 1. The maximum absolute atomic E-state index is 12.8. The molecule has 1 aliphatic heterocycles. The number of thiazole rings is 1. The van der Waals surface area contributed by atoms with E-state index in [0.29, 0.717) is 30.9 Å². The first kappa shape index (κ1) is 21.0. The van der Waals surface area contributed by atoms with Crippen LogP contribution in [0.3, 0.4) is 0 Å². The predicted octanol–water partition coefficient (Wildman–Crippen LogP) is 3.38. The highest BCUT2D eigenvalue weighted by Gasteiger charge is 2.37. The zero-order valence-electron chi connectivity index (χ0n) is 17.0. The van der Waals surface area contributed by atoms with Gasteiger partial charge < -0.3 is 21.0 Å². The zero-order chi connectivity index (χ0) is 21.7. The Morgan fingerprint density at radius 3 is 2.65 bits per heavy atom. The van der Waals surface area contributed by atoms with Gasteiger partial charge in [-0.1, -0.05) is 47.6 Å². The Morgan fingerprint density at radius 1 is 1.16 bits per heavy atom. The van der Waals surface area contributed by atoms with Crippen LogP contribution in [0.1, 0.15) is 33.8 Å². The minimum absolute atomic E-state index is 0.0354. The summed E-state index contributed by atoms with van der Waals surface area (Å²) in [6, 6.07) is 16.8. The Hall–Kier alpha value is -3.23. The molecule has 2 heterocycles. The fourth-order valence-corrected chi connectivity index (χ4v) is 4.81. The van der Waals surface area contributed by atoms with Crippen molar-refractivity contribution in [3.63, 3.8) is 0 Å².